The summed E-state index contributed by atoms with van der Waals surface area (Å²) < 4.78 is 10.9. The summed E-state index contributed by atoms with van der Waals surface area (Å²) in [7, 11) is 0. The minimum Gasteiger partial charge on any atom is -0.460 e. The van der Waals surface area contributed by atoms with E-state index >= 15 is 0 Å². The van der Waals surface area contributed by atoms with Crippen molar-refractivity contribution in [3.8, 4) is 0 Å². The Labute approximate surface area is 212 Å². The van der Waals surface area contributed by atoms with E-state index in [0.717, 1.165) is 10.6 Å². The van der Waals surface area contributed by atoms with Gasteiger partial charge >= 0.3 is 18.0 Å². The molecule has 0 aromatic heterocycles. The first kappa shape index (κ1) is 29.8. The second-order valence-electron chi connectivity index (χ2n) is 9.76. The molecule has 2 N–H and O–H groups in total. The van der Waals surface area contributed by atoms with Gasteiger partial charge in [-0.1, -0.05) is 0 Å². The van der Waals surface area contributed by atoms with E-state index < -0.39 is 35.2 Å². The maximum Gasteiger partial charge on any atom is 0.329 e. The van der Waals surface area contributed by atoms with Crippen molar-refractivity contribution in [3.63, 3.8) is 0 Å². The number of carbonyl (C=O) groups excluding carboxylic acids is 3. The molecule has 0 saturated heterocycles. The number of primary amides is 1. The van der Waals surface area contributed by atoms with Crippen molar-refractivity contribution >= 4 is 52.5 Å². The third kappa shape index (κ3) is 10.4. The van der Waals surface area contributed by atoms with Crippen molar-refractivity contribution in [2.75, 3.05) is 34.6 Å². The van der Waals surface area contributed by atoms with Crippen LogP contribution in [0.3, 0.4) is 0 Å². The summed E-state index contributed by atoms with van der Waals surface area (Å²) in [6.45, 7) is 11.6. The van der Waals surface area contributed by atoms with Crippen LogP contribution < -0.4 is 15.5 Å². The molecule has 1 atom stereocenters. The maximum absolute atomic E-state index is 13.1. The number of nitrogens with two attached hydrogens (primary N) is 1. The average Bonchev–Trinajstić information content (AvgIpc) is 2.68. The Balaban J connectivity index is 3.26. The molecule has 0 bridgehead atoms. The summed E-state index contributed by atoms with van der Waals surface area (Å²) in [5, 5.41) is 0. The third-order valence-corrected chi connectivity index (χ3v) is 4.81. The lowest BCUT2D eigenvalue weighted by molar-refractivity contribution is -0.157. The monoisotopic (exact) mass is 517 g/mol. The number of esters is 2. The second kappa shape index (κ2) is 13.0. The van der Waals surface area contributed by atoms with Crippen LogP contribution in [0, 0.1) is 0 Å². The van der Waals surface area contributed by atoms with E-state index in [2.05, 4.69) is 0 Å². The molecule has 0 spiro atoms. The molecule has 0 aliphatic rings. The average molecular weight is 518 g/mol. The lowest BCUT2D eigenvalue weighted by atomic mass is 10.1. The van der Waals surface area contributed by atoms with Crippen molar-refractivity contribution in [2.45, 2.75) is 71.6 Å². The molecular formula is C24H37Cl2N3O5. The lowest BCUT2D eigenvalue weighted by Gasteiger charge is -2.32. The Morgan fingerprint density at radius 3 is 1.76 bits per heavy atom. The van der Waals surface area contributed by atoms with Gasteiger partial charge in [-0.3, -0.25) is 9.69 Å². The van der Waals surface area contributed by atoms with Gasteiger partial charge in [-0.15, -0.1) is 23.2 Å². The zero-order chi connectivity index (χ0) is 26.1. The Morgan fingerprint density at radius 2 is 1.35 bits per heavy atom. The highest BCUT2D eigenvalue weighted by molar-refractivity contribution is 6.18. The van der Waals surface area contributed by atoms with Crippen LogP contribution in [0.25, 0.3) is 0 Å². The van der Waals surface area contributed by atoms with Crippen LogP contribution in [0.2, 0.25) is 0 Å². The van der Waals surface area contributed by atoms with Gasteiger partial charge in [0.05, 0.1) is 0 Å². The molecule has 192 valence electrons. The molecule has 1 aromatic rings. The third-order valence-electron chi connectivity index (χ3n) is 4.47. The number of benzene rings is 1. The normalized spacial score (nSPS) is 12.6. The zero-order valence-corrected chi connectivity index (χ0v) is 22.4. The molecule has 0 unspecified atom stereocenters. The number of ether oxygens (including phenoxy) is 2. The van der Waals surface area contributed by atoms with E-state index in [4.69, 9.17) is 38.4 Å². The molecule has 10 heteroatoms. The van der Waals surface area contributed by atoms with Gasteiger partial charge in [0.15, 0.2) is 0 Å². The Bertz CT molecular complexity index is 813. The number of anilines is 2. The molecule has 0 heterocycles. The highest BCUT2D eigenvalue weighted by Crippen LogP contribution is 2.26. The van der Waals surface area contributed by atoms with Crippen LogP contribution >= 0.6 is 23.2 Å². The number of alkyl halides is 2. The van der Waals surface area contributed by atoms with Crippen LogP contribution in [0.15, 0.2) is 24.3 Å². The van der Waals surface area contributed by atoms with Gasteiger partial charge in [0.25, 0.3) is 0 Å². The quantitative estimate of drug-likeness (QED) is 0.337. The molecule has 34 heavy (non-hydrogen) atoms. The molecule has 8 nitrogen and oxygen atoms in total. The first-order chi connectivity index (χ1) is 15.7. The highest BCUT2D eigenvalue weighted by Gasteiger charge is 2.34. The molecule has 1 aromatic carbocycles. The molecule has 0 radical (unpaired) electrons. The van der Waals surface area contributed by atoms with Crippen LogP contribution in [0.4, 0.5) is 16.2 Å². The van der Waals surface area contributed by atoms with Crippen molar-refractivity contribution in [2.24, 2.45) is 5.73 Å². The number of halogens is 2. The smallest absolute Gasteiger partial charge is 0.329 e. The second-order valence-corrected chi connectivity index (χ2v) is 10.5. The van der Waals surface area contributed by atoms with Gasteiger partial charge in [0.2, 0.25) is 0 Å². The van der Waals surface area contributed by atoms with E-state index in [1.807, 2.05) is 4.90 Å². The van der Waals surface area contributed by atoms with E-state index in [9.17, 15) is 14.4 Å². The number of carbonyl (C=O) groups is 3. The zero-order valence-electron chi connectivity index (χ0n) is 20.9. The van der Waals surface area contributed by atoms with Gasteiger partial charge in [-0.05, 0) is 72.2 Å². The molecule has 0 aliphatic heterocycles. The minimum absolute atomic E-state index is 0.0147. The summed E-state index contributed by atoms with van der Waals surface area (Å²) in [6.07, 6.45) is -0.110. The number of rotatable bonds is 11. The topological polar surface area (TPSA) is 102 Å². The van der Waals surface area contributed by atoms with Gasteiger partial charge in [-0.25, -0.2) is 9.59 Å². The molecule has 1 rings (SSSR count). The molecule has 0 aliphatic carbocycles. The SMILES string of the molecule is CC(C)(C)OC(=O)CC[C@@H](C(=O)OC(C)(C)C)N(C(N)=O)c1ccc(N(CCCl)CCCl)cc1. The molecule has 2 amide bonds. The molecular weight excluding hydrogens is 481 g/mol. The predicted octanol–water partition coefficient (Wildman–Crippen LogP) is 4.69. The van der Waals surface area contributed by atoms with Crippen LogP contribution in [-0.4, -0.2) is 60.1 Å². The number of hydrogen-bond donors (Lipinski definition) is 1. The van der Waals surface area contributed by atoms with Gasteiger partial charge in [0, 0.05) is 42.6 Å². The summed E-state index contributed by atoms with van der Waals surface area (Å²) in [6, 6.07) is 5.00. The summed E-state index contributed by atoms with van der Waals surface area (Å²) in [5.74, 6) is -0.294. The fourth-order valence-electron chi connectivity index (χ4n) is 3.23. The molecule has 0 saturated carbocycles. The van der Waals surface area contributed by atoms with E-state index in [1.165, 1.54) is 0 Å². The standard InChI is InChI=1S/C24H37Cl2N3O5/c1-23(2,3)33-20(30)12-11-19(21(31)34-24(4,5)6)29(22(27)32)18-9-7-17(8-10-18)28(15-13-25)16-14-26/h7-10,19H,11-16H2,1-6H3,(H2,27,32)/t19-/m0/s1. The fraction of sp³-hybridized carbons (Fsp3) is 0.625. The largest absolute Gasteiger partial charge is 0.460 e. The van der Waals surface area contributed by atoms with Crippen molar-refractivity contribution in [1.82, 2.24) is 0 Å². The number of nitrogens with zero attached hydrogens (tertiary/aromatic N) is 2. The van der Waals surface area contributed by atoms with Gasteiger partial charge in [0.1, 0.15) is 17.2 Å². The predicted molar refractivity (Wildman–Crippen MR) is 137 cm³/mol. The summed E-state index contributed by atoms with van der Waals surface area (Å²) in [5.41, 5.74) is 5.48. The van der Waals surface area contributed by atoms with Crippen molar-refractivity contribution in [3.05, 3.63) is 24.3 Å². The van der Waals surface area contributed by atoms with Gasteiger partial charge < -0.3 is 20.1 Å². The Kier molecular flexibility index (Phi) is 11.5. The Morgan fingerprint density at radius 1 is 0.882 bits per heavy atom. The van der Waals surface area contributed by atoms with E-state index in [-0.39, 0.29) is 12.8 Å². The molecule has 0 fully saturated rings. The Hall–Kier alpha value is -2.19. The van der Waals surface area contributed by atoms with Crippen LogP contribution in [0.1, 0.15) is 54.4 Å². The van der Waals surface area contributed by atoms with Crippen molar-refractivity contribution < 1.29 is 23.9 Å². The number of hydrogen-bond acceptors (Lipinski definition) is 6. The first-order valence-corrected chi connectivity index (χ1v) is 12.3. The van der Waals surface area contributed by atoms with Crippen LogP contribution in [0.5, 0.6) is 0 Å². The van der Waals surface area contributed by atoms with Crippen molar-refractivity contribution in [1.29, 1.82) is 0 Å². The number of urea groups is 1. The highest BCUT2D eigenvalue weighted by atomic mass is 35.5. The fourth-order valence-corrected chi connectivity index (χ4v) is 3.64. The van der Waals surface area contributed by atoms with Crippen LogP contribution in [-0.2, 0) is 19.1 Å². The first-order valence-electron chi connectivity index (χ1n) is 11.2. The summed E-state index contributed by atoms with van der Waals surface area (Å²) in [4.78, 5) is 41.0. The minimum atomic E-state index is -1.11. The number of amides is 2. The lowest BCUT2D eigenvalue weighted by Crippen LogP contribution is -2.50. The van der Waals surface area contributed by atoms with Gasteiger partial charge in [-0.2, -0.15) is 0 Å². The summed E-state index contributed by atoms with van der Waals surface area (Å²) >= 11 is 11.8. The van der Waals surface area contributed by atoms with E-state index in [1.54, 1.807) is 65.8 Å². The maximum atomic E-state index is 13.1. The van der Waals surface area contributed by atoms with E-state index in [0.29, 0.717) is 30.5 Å².